The Kier molecular flexibility index (Phi) is 12.4. The number of hydrogen-bond donors (Lipinski definition) is 1. The molecule has 0 amide bonds. The second kappa shape index (κ2) is 17.7. The molecule has 50 heavy (non-hydrogen) atoms. The fourth-order valence-corrected chi connectivity index (χ4v) is 8.76. The van der Waals surface area contributed by atoms with Gasteiger partial charge in [-0.15, -0.1) is 0 Å². The first kappa shape index (κ1) is 35.0. The van der Waals surface area contributed by atoms with Gasteiger partial charge in [0.25, 0.3) is 0 Å². The van der Waals surface area contributed by atoms with Crippen LogP contribution in [0.3, 0.4) is 0 Å². The van der Waals surface area contributed by atoms with E-state index in [1.807, 2.05) is 12.1 Å². The molecule has 1 unspecified atom stereocenters. The van der Waals surface area contributed by atoms with E-state index in [1.165, 1.54) is 48.2 Å². The fourth-order valence-electron chi connectivity index (χ4n) is 8.76. The van der Waals surface area contributed by atoms with Gasteiger partial charge in [-0.05, 0) is 79.5 Å². The van der Waals surface area contributed by atoms with Crippen LogP contribution < -0.4 is 5.32 Å². The molecule has 0 radical (unpaired) electrons. The summed E-state index contributed by atoms with van der Waals surface area (Å²) >= 11 is 0. The summed E-state index contributed by atoms with van der Waals surface area (Å²) in [5, 5.41) is 3.69. The maximum Gasteiger partial charge on any atom is 0.123 e. The van der Waals surface area contributed by atoms with Gasteiger partial charge in [0.15, 0.2) is 0 Å². The Morgan fingerprint density at radius 3 is 1.98 bits per heavy atom. The molecule has 6 heteroatoms. The van der Waals surface area contributed by atoms with Crippen molar-refractivity contribution in [1.29, 1.82) is 0 Å². The Hall–Kier alpha value is -3.39. The Labute approximate surface area is 300 Å². The average molecular weight is 674 g/mol. The molecule has 4 aromatic rings. The number of benzene rings is 4. The maximum atomic E-state index is 13.6. The first-order chi connectivity index (χ1) is 24.7. The first-order valence-electron chi connectivity index (χ1n) is 19.2. The van der Waals surface area contributed by atoms with Crippen molar-refractivity contribution < 1.29 is 4.39 Å². The van der Waals surface area contributed by atoms with Gasteiger partial charge in [0, 0.05) is 83.1 Å². The summed E-state index contributed by atoms with van der Waals surface area (Å²) in [6.45, 7) is 11.0. The van der Waals surface area contributed by atoms with Crippen LogP contribution in [0.2, 0.25) is 0 Å². The summed E-state index contributed by atoms with van der Waals surface area (Å²) in [6.07, 6.45) is 6.80. The minimum absolute atomic E-state index is 0.158. The van der Waals surface area contributed by atoms with Crippen molar-refractivity contribution in [2.75, 3.05) is 65.4 Å². The van der Waals surface area contributed by atoms with Crippen molar-refractivity contribution in [3.63, 3.8) is 0 Å². The third-order valence-corrected chi connectivity index (χ3v) is 11.6. The Balaban J connectivity index is 1.06. The van der Waals surface area contributed by atoms with Crippen molar-refractivity contribution in [2.24, 2.45) is 0 Å². The van der Waals surface area contributed by atoms with Gasteiger partial charge in [0.2, 0.25) is 0 Å². The Bertz CT molecular complexity index is 1550. The monoisotopic (exact) mass is 673 g/mol. The van der Waals surface area contributed by atoms with Crippen LogP contribution in [0.5, 0.6) is 0 Å². The zero-order chi connectivity index (χ0) is 34.0. The Morgan fingerprint density at radius 1 is 0.620 bits per heavy atom. The van der Waals surface area contributed by atoms with Crippen LogP contribution in [0.15, 0.2) is 115 Å². The lowest BCUT2D eigenvalue weighted by Gasteiger charge is -2.46. The van der Waals surface area contributed by atoms with Gasteiger partial charge in [0.1, 0.15) is 5.82 Å². The molecule has 3 saturated heterocycles. The quantitative estimate of drug-likeness (QED) is 0.172. The maximum absolute atomic E-state index is 13.6. The zero-order valence-electron chi connectivity index (χ0n) is 29.8. The van der Waals surface area contributed by atoms with E-state index < -0.39 is 0 Å². The standard InChI is InChI=1S/C44H56FN5/c45-40-20-18-36(19-21-40)22-25-47-27-28-50(34-43(47)30-38-13-6-2-7-14-38)44(31-39-15-8-3-9-16-39)35-48-24-10-17-41(48)33-49-26-23-46-32-42(49)29-37-11-4-1-5-12-37/h1-9,11-16,18-21,41-44,46H,10,17,22-35H2/t41?,42-,43-,44-/m0/s1. The van der Waals surface area contributed by atoms with Crippen LogP contribution in [0.4, 0.5) is 4.39 Å². The van der Waals surface area contributed by atoms with Gasteiger partial charge in [-0.1, -0.05) is 103 Å². The lowest BCUT2D eigenvalue weighted by Crippen LogP contribution is -2.60. The molecule has 3 fully saturated rings. The van der Waals surface area contributed by atoms with E-state index in [2.05, 4.69) is 116 Å². The van der Waals surface area contributed by atoms with Crippen LogP contribution in [0.25, 0.3) is 0 Å². The second-order valence-corrected chi connectivity index (χ2v) is 14.9. The molecule has 0 aliphatic carbocycles. The van der Waals surface area contributed by atoms with E-state index in [9.17, 15) is 4.39 Å². The predicted octanol–water partition coefficient (Wildman–Crippen LogP) is 6.19. The molecule has 3 heterocycles. The number of hydrogen-bond acceptors (Lipinski definition) is 5. The second-order valence-electron chi connectivity index (χ2n) is 14.9. The largest absolute Gasteiger partial charge is 0.314 e. The summed E-state index contributed by atoms with van der Waals surface area (Å²) in [7, 11) is 0. The van der Waals surface area contributed by atoms with E-state index in [1.54, 1.807) is 12.1 Å². The lowest BCUT2D eigenvalue weighted by atomic mass is 9.97. The van der Waals surface area contributed by atoms with Crippen LogP contribution in [-0.4, -0.2) is 109 Å². The normalized spacial score (nSPS) is 23.3. The van der Waals surface area contributed by atoms with Gasteiger partial charge < -0.3 is 5.32 Å². The molecule has 0 bridgehead atoms. The van der Waals surface area contributed by atoms with E-state index in [0.717, 1.165) is 78.0 Å². The summed E-state index contributed by atoms with van der Waals surface area (Å²) in [5.41, 5.74) is 5.51. The van der Waals surface area contributed by atoms with Crippen LogP contribution in [0, 0.1) is 5.82 Å². The van der Waals surface area contributed by atoms with E-state index >= 15 is 0 Å². The molecule has 3 aliphatic rings. The third-order valence-electron chi connectivity index (χ3n) is 11.6. The van der Waals surface area contributed by atoms with Crippen LogP contribution >= 0.6 is 0 Å². The number of likely N-dealkylation sites (tertiary alicyclic amines) is 1. The SMILES string of the molecule is Fc1ccc(CCN2CCN([C@@H](Cc3ccccc3)CN3CCCC3CN3CCNC[C@@H]3Cc3ccccc3)C[C@@H]2Cc2ccccc2)cc1. The molecule has 5 nitrogen and oxygen atoms in total. The van der Waals surface area contributed by atoms with Crippen LogP contribution in [-0.2, 0) is 25.7 Å². The molecule has 3 aliphatic heterocycles. The molecule has 0 spiro atoms. The number of halogens is 1. The van der Waals surface area contributed by atoms with E-state index in [-0.39, 0.29) is 5.82 Å². The minimum Gasteiger partial charge on any atom is -0.314 e. The van der Waals surface area contributed by atoms with Gasteiger partial charge in [-0.25, -0.2) is 4.39 Å². The number of nitrogens with one attached hydrogen (secondary N) is 1. The van der Waals surface area contributed by atoms with Crippen molar-refractivity contribution >= 4 is 0 Å². The summed E-state index contributed by atoms with van der Waals surface area (Å²) < 4.78 is 13.6. The van der Waals surface area contributed by atoms with E-state index in [0.29, 0.717) is 24.2 Å². The third kappa shape index (κ3) is 9.68. The highest BCUT2D eigenvalue weighted by molar-refractivity contribution is 5.20. The molecule has 0 aromatic heterocycles. The summed E-state index contributed by atoms with van der Waals surface area (Å²) in [6, 6.07) is 42.5. The lowest BCUT2D eigenvalue weighted by molar-refractivity contribution is 0.0299. The van der Waals surface area contributed by atoms with Gasteiger partial charge in [-0.2, -0.15) is 0 Å². The zero-order valence-corrected chi connectivity index (χ0v) is 29.8. The number of piperazine rings is 2. The molecule has 0 saturated carbocycles. The molecular weight excluding hydrogens is 618 g/mol. The molecular formula is C44H56FN5. The van der Waals surface area contributed by atoms with Crippen LogP contribution in [0.1, 0.15) is 35.1 Å². The smallest absolute Gasteiger partial charge is 0.123 e. The molecule has 264 valence electrons. The fraction of sp³-hybridized carbons (Fsp3) is 0.455. The highest BCUT2D eigenvalue weighted by atomic mass is 19.1. The molecule has 4 aromatic carbocycles. The topological polar surface area (TPSA) is 25.0 Å². The summed E-state index contributed by atoms with van der Waals surface area (Å²) in [5.74, 6) is -0.158. The predicted molar refractivity (Wildman–Crippen MR) is 204 cm³/mol. The number of rotatable bonds is 14. The highest BCUT2D eigenvalue weighted by Gasteiger charge is 2.35. The van der Waals surface area contributed by atoms with Crippen molar-refractivity contribution in [1.82, 2.24) is 24.9 Å². The van der Waals surface area contributed by atoms with Gasteiger partial charge in [-0.3, -0.25) is 19.6 Å². The van der Waals surface area contributed by atoms with Crippen molar-refractivity contribution in [3.8, 4) is 0 Å². The molecule has 4 atom stereocenters. The van der Waals surface area contributed by atoms with E-state index in [4.69, 9.17) is 0 Å². The Morgan fingerprint density at radius 2 is 1.28 bits per heavy atom. The molecule has 7 rings (SSSR count). The number of nitrogens with zero attached hydrogens (tertiary/aromatic N) is 4. The van der Waals surface area contributed by atoms with Crippen molar-refractivity contribution in [2.45, 2.75) is 62.7 Å². The minimum atomic E-state index is -0.158. The van der Waals surface area contributed by atoms with Crippen molar-refractivity contribution in [3.05, 3.63) is 143 Å². The highest BCUT2D eigenvalue weighted by Crippen LogP contribution is 2.25. The van der Waals surface area contributed by atoms with Gasteiger partial charge in [0.05, 0.1) is 0 Å². The molecule has 1 N–H and O–H groups in total. The summed E-state index contributed by atoms with van der Waals surface area (Å²) in [4.78, 5) is 11.2. The first-order valence-corrected chi connectivity index (χ1v) is 19.2. The van der Waals surface area contributed by atoms with Gasteiger partial charge >= 0.3 is 0 Å². The average Bonchev–Trinajstić information content (AvgIpc) is 3.59.